The van der Waals surface area contributed by atoms with Gasteiger partial charge in [-0.15, -0.1) is 0 Å². The number of allylic oxidation sites excluding steroid dienone is 6. The molecule has 166 valence electrons. The lowest BCUT2D eigenvalue weighted by Gasteiger charge is -2.22. The summed E-state index contributed by atoms with van der Waals surface area (Å²) in [4.78, 5) is 0. The van der Waals surface area contributed by atoms with Gasteiger partial charge in [0.1, 0.15) is 0 Å². The van der Waals surface area contributed by atoms with E-state index < -0.39 is 0 Å². The average molecular weight is 395 g/mol. The summed E-state index contributed by atoms with van der Waals surface area (Å²) in [5.41, 5.74) is 1.59. The fourth-order valence-electron chi connectivity index (χ4n) is 3.24. The van der Waals surface area contributed by atoms with Crippen LogP contribution in [-0.4, -0.2) is 10.2 Å². The Kier molecular flexibility index (Phi) is 19.9. The molecule has 28 heavy (non-hydrogen) atoms. The fourth-order valence-corrected chi connectivity index (χ4v) is 3.24. The summed E-state index contributed by atoms with van der Waals surface area (Å²) >= 11 is 0. The van der Waals surface area contributed by atoms with Crippen molar-refractivity contribution < 1.29 is 10.2 Å². The molecule has 0 aromatic rings. The SMILES string of the molecule is CC.CC.CC1=CCCCC1.CC1CCC=C(O)C1C.CC1CCCC=C1O. The first-order valence-electron chi connectivity index (χ1n) is 11.9. The molecule has 0 spiro atoms. The molecule has 0 saturated heterocycles. The molecule has 3 unspecified atom stereocenters. The molecule has 0 heterocycles. The van der Waals surface area contributed by atoms with Gasteiger partial charge in [-0.2, -0.15) is 0 Å². The van der Waals surface area contributed by atoms with E-state index in [1.165, 1.54) is 38.5 Å². The van der Waals surface area contributed by atoms with Gasteiger partial charge in [0.2, 0.25) is 0 Å². The molecule has 0 radical (unpaired) electrons. The monoisotopic (exact) mass is 394 g/mol. The van der Waals surface area contributed by atoms with E-state index in [2.05, 4.69) is 33.8 Å². The molecule has 0 aromatic heterocycles. The summed E-state index contributed by atoms with van der Waals surface area (Å²) in [7, 11) is 0. The first-order chi connectivity index (χ1) is 13.4. The van der Waals surface area contributed by atoms with Crippen LogP contribution in [0, 0.1) is 17.8 Å². The van der Waals surface area contributed by atoms with E-state index in [0.717, 1.165) is 19.3 Å². The van der Waals surface area contributed by atoms with Crippen molar-refractivity contribution in [1.29, 1.82) is 0 Å². The van der Waals surface area contributed by atoms with Crippen LogP contribution in [0.5, 0.6) is 0 Å². The number of aliphatic hydroxyl groups is 2. The molecule has 2 nitrogen and oxygen atoms in total. The molecule has 0 amide bonds. The minimum Gasteiger partial charge on any atom is -0.512 e. The normalized spacial score (nSPS) is 25.9. The molecule has 0 saturated carbocycles. The van der Waals surface area contributed by atoms with Gasteiger partial charge in [0, 0.05) is 11.8 Å². The van der Waals surface area contributed by atoms with E-state index in [-0.39, 0.29) is 0 Å². The van der Waals surface area contributed by atoms with Crippen molar-refractivity contribution in [3.05, 3.63) is 35.3 Å². The van der Waals surface area contributed by atoms with Crippen LogP contribution >= 0.6 is 0 Å². The van der Waals surface area contributed by atoms with E-state index >= 15 is 0 Å². The molecular formula is C26H50O2. The van der Waals surface area contributed by atoms with Gasteiger partial charge in [-0.25, -0.2) is 0 Å². The average Bonchev–Trinajstić information content (AvgIpc) is 2.73. The highest BCUT2D eigenvalue weighted by Crippen LogP contribution is 2.27. The largest absolute Gasteiger partial charge is 0.512 e. The summed E-state index contributed by atoms with van der Waals surface area (Å²) in [6.07, 6.45) is 17.5. The Morgan fingerprint density at radius 3 is 1.61 bits per heavy atom. The van der Waals surface area contributed by atoms with Gasteiger partial charge in [0.25, 0.3) is 0 Å². The lowest BCUT2D eigenvalue weighted by Crippen LogP contribution is -2.14. The number of hydrogen-bond acceptors (Lipinski definition) is 2. The predicted octanol–water partition coefficient (Wildman–Crippen LogP) is 9.30. The maximum absolute atomic E-state index is 9.21. The molecule has 0 bridgehead atoms. The van der Waals surface area contributed by atoms with Crippen LogP contribution in [0.15, 0.2) is 35.3 Å². The van der Waals surface area contributed by atoms with Gasteiger partial charge in [0.05, 0.1) is 11.5 Å². The Morgan fingerprint density at radius 1 is 0.714 bits per heavy atom. The van der Waals surface area contributed by atoms with Crippen molar-refractivity contribution in [2.45, 2.75) is 113 Å². The predicted molar refractivity (Wildman–Crippen MR) is 127 cm³/mol. The molecule has 2 heteroatoms. The third-order valence-corrected chi connectivity index (χ3v) is 5.51. The molecule has 0 aromatic carbocycles. The van der Waals surface area contributed by atoms with Crippen LogP contribution in [-0.2, 0) is 0 Å². The first kappa shape index (κ1) is 29.0. The summed E-state index contributed by atoms with van der Waals surface area (Å²) in [6.45, 7) is 16.5. The maximum atomic E-state index is 9.21. The second kappa shape index (κ2) is 19.2. The van der Waals surface area contributed by atoms with E-state index in [1.54, 1.807) is 5.57 Å². The van der Waals surface area contributed by atoms with Crippen LogP contribution in [0.25, 0.3) is 0 Å². The van der Waals surface area contributed by atoms with Gasteiger partial charge in [-0.1, -0.05) is 60.1 Å². The minimum atomic E-state index is 0.388. The van der Waals surface area contributed by atoms with Crippen LogP contribution in [0.3, 0.4) is 0 Å². The summed E-state index contributed by atoms with van der Waals surface area (Å²) in [6, 6.07) is 0. The third kappa shape index (κ3) is 13.9. The van der Waals surface area contributed by atoms with E-state index in [4.69, 9.17) is 5.11 Å². The van der Waals surface area contributed by atoms with Crippen molar-refractivity contribution in [1.82, 2.24) is 0 Å². The lowest BCUT2D eigenvalue weighted by atomic mass is 9.85. The summed E-state index contributed by atoms with van der Waals surface area (Å²) < 4.78 is 0. The van der Waals surface area contributed by atoms with Crippen molar-refractivity contribution >= 4 is 0 Å². The Labute approximate surface area is 176 Å². The third-order valence-electron chi connectivity index (χ3n) is 5.51. The van der Waals surface area contributed by atoms with Gasteiger partial charge in [-0.3, -0.25) is 0 Å². The molecule has 0 aliphatic heterocycles. The Hall–Kier alpha value is -1.18. The zero-order chi connectivity index (χ0) is 21.9. The lowest BCUT2D eigenvalue weighted by molar-refractivity contribution is 0.259. The topological polar surface area (TPSA) is 40.5 Å². The van der Waals surface area contributed by atoms with E-state index in [9.17, 15) is 5.11 Å². The van der Waals surface area contributed by atoms with Gasteiger partial charge in [-0.05, 0) is 82.8 Å². The van der Waals surface area contributed by atoms with Crippen LogP contribution in [0.1, 0.15) is 113 Å². The van der Waals surface area contributed by atoms with Crippen LogP contribution < -0.4 is 0 Å². The van der Waals surface area contributed by atoms with Gasteiger partial charge >= 0.3 is 0 Å². The second-order valence-electron chi connectivity index (χ2n) is 7.73. The number of rotatable bonds is 0. The van der Waals surface area contributed by atoms with Crippen LogP contribution in [0.2, 0.25) is 0 Å². The van der Waals surface area contributed by atoms with Crippen LogP contribution in [0.4, 0.5) is 0 Å². The zero-order valence-electron chi connectivity index (χ0n) is 20.2. The smallest absolute Gasteiger partial charge is 0.0913 e. The fraction of sp³-hybridized carbons (Fsp3) is 0.769. The number of aliphatic hydroxyl groups excluding tert-OH is 2. The van der Waals surface area contributed by atoms with Crippen molar-refractivity contribution in [2.75, 3.05) is 0 Å². The molecule has 3 aliphatic rings. The molecule has 3 atom stereocenters. The van der Waals surface area contributed by atoms with E-state index in [1.807, 2.05) is 39.8 Å². The minimum absolute atomic E-state index is 0.388. The maximum Gasteiger partial charge on any atom is 0.0913 e. The molecular weight excluding hydrogens is 344 g/mol. The van der Waals surface area contributed by atoms with Crippen molar-refractivity contribution in [3.8, 4) is 0 Å². The molecule has 2 N–H and O–H groups in total. The Bertz CT molecular complexity index is 445. The highest BCUT2D eigenvalue weighted by atomic mass is 16.3. The second-order valence-corrected chi connectivity index (χ2v) is 7.73. The highest BCUT2D eigenvalue weighted by Gasteiger charge is 2.18. The molecule has 3 rings (SSSR count). The van der Waals surface area contributed by atoms with Gasteiger partial charge in [0.15, 0.2) is 0 Å². The molecule has 3 aliphatic carbocycles. The zero-order valence-corrected chi connectivity index (χ0v) is 20.2. The number of hydrogen-bond donors (Lipinski definition) is 2. The first-order valence-corrected chi connectivity index (χ1v) is 11.9. The summed E-state index contributed by atoms with van der Waals surface area (Å²) in [5, 5.41) is 18.2. The summed E-state index contributed by atoms with van der Waals surface area (Å²) in [5.74, 6) is 2.66. The Balaban J connectivity index is 0. The van der Waals surface area contributed by atoms with E-state index in [0.29, 0.717) is 29.3 Å². The van der Waals surface area contributed by atoms with Crippen molar-refractivity contribution in [3.63, 3.8) is 0 Å². The standard InChI is InChI=1S/C8H14O.C7H12O.C7H12.2C2H6/c1-6-4-3-5-8(9)7(6)2;1-6-4-2-3-5-7(6)8;1-7-5-3-2-4-6-7;2*1-2/h5-7,9H,3-4H2,1-2H3;5-6,8H,2-4H2,1H3;5H,2-4,6H2,1H3;2*1-2H3. The Morgan fingerprint density at radius 2 is 1.29 bits per heavy atom. The van der Waals surface area contributed by atoms with Crippen molar-refractivity contribution in [2.24, 2.45) is 17.8 Å². The highest BCUT2D eigenvalue weighted by molar-refractivity contribution is 5.01. The quantitative estimate of drug-likeness (QED) is 0.402. The van der Waals surface area contributed by atoms with Gasteiger partial charge < -0.3 is 10.2 Å². The molecule has 0 fully saturated rings.